The Balaban J connectivity index is 1.46. The van der Waals surface area contributed by atoms with Gasteiger partial charge in [0.2, 0.25) is 0 Å². The summed E-state index contributed by atoms with van der Waals surface area (Å²) in [5.41, 5.74) is 7.77. The summed E-state index contributed by atoms with van der Waals surface area (Å²) >= 11 is 1.35. The molecule has 9 nitrogen and oxygen atoms in total. The summed E-state index contributed by atoms with van der Waals surface area (Å²) < 4.78 is 6.60. The topological polar surface area (TPSA) is 129 Å². The van der Waals surface area contributed by atoms with E-state index in [1.807, 2.05) is 0 Å². The Labute approximate surface area is 163 Å². The van der Waals surface area contributed by atoms with Gasteiger partial charge < -0.3 is 15.8 Å². The second-order valence-corrected chi connectivity index (χ2v) is 7.50. The maximum absolute atomic E-state index is 12.4. The number of carbonyl (C=O) groups excluding carboxylic acids is 3. The van der Waals surface area contributed by atoms with Gasteiger partial charge in [0, 0.05) is 17.3 Å². The van der Waals surface area contributed by atoms with Crippen molar-refractivity contribution in [3.05, 3.63) is 45.7 Å². The summed E-state index contributed by atoms with van der Waals surface area (Å²) in [4.78, 5) is 41.7. The number of fused-ring (bicyclic) bond motifs is 2. The SMILES string of the molecule is Cc1nn2cccnc2c1C(=O)OCC(=O)Nc1sc2c(c1C(N)=O)CCC2. The molecule has 144 valence electrons. The molecule has 3 aromatic heterocycles. The normalized spacial score (nSPS) is 12.8. The minimum absolute atomic E-state index is 0.210. The number of nitrogens with one attached hydrogen (secondary N) is 1. The first kappa shape index (κ1) is 18.1. The summed E-state index contributed by atoms with van der Waals surface area (Å²) in [6.45, 7) is 1.17. The van der Waals surface area contributed by atoms with Crippen molar-refractivity contribution in [1.29, 1.82) is 0 Å². The Morgan fingerprint density at radius 1 is 1.32 bits per heavy atom. The Kier molecular flexibility index (Phi) is 4.55. The summed E-state index contributed by atoms with van der Waals surface area (Å²) in [6, 6.07) is 1.69. The van der Waals surface area contributed by atoms with Crippen LogP contribution in [0.4, 0.5) is 5.00 Å². The molecule has 3 heterocycles. The molecule has 0 atom stereocenters. The lowest BCUT2D eigenvalue weighted by atomic mass is 10.1. The van der Waals surface area contributed by atoms with Crippen molar-refractivity contribution in [1.82, 2.24) is 14.6 Å². The number of anilines is 1. The van der Waals surface area contributed by atoms with Crippen LogP contribution in [0.2, 0.25) is 0 Å². The molecule has 3 N–H and O–H groups in total. The highest BCUT2D eigenvalue weighted by Crippen LogP contribution is 2.38. The van der Waals surface area contributed by atoms with Gasteiger partial charge in [0.05, 0.1) is 11.3 Å². The zero-order valence-corrected chi connectivity index (χ0v) is 15.8. The van der Waals surface area contributed by atoms with E-state index < -0.39 is 24.4 Å². The van der Waals surface area contributed by atoms with Crippen LogP contribution in [-0.2, 0) is 22.4 Å². The number of nitrogens with zero attached hydrogens (tertiary/aromatic N) is 3. The van der Waals surface area contributed by atoms with E-state index in [4.69, 9.17) is 10.5 Å². The third kappa shape index (κ3) is 3.11. The highest BCUT2D eigenvalue weighted by molar-refractivity contribution is 7.17. The van der Waals surface area contributed by atoms with Crippen molar-refractivity contribution in [2.24, 2.45) is 5.73 Å². The number of rotatable bonds is 5. The van der Waals surface area contributed by atoms with Gasteiger partial charge in [-0.25, -0.2) is 14.3 Å². The van der Waals surface area contributed by atoms with E-state index in [9.17, 15) is 14.4 Å². The number of hydrogen-bond acceptors (Lipinski definition) is 7. The van der Waals surface area contributed by atoms with Crippen molar-refractivity contribution in [2.45, 2.75) is 26.2 Å². The lowest BCUT2D eigenvalue weighted by Gasteiger charge is -2.07. The molecule has 0 spiro atoms. The van der Waals surface area contributed by atoms with Crippen LogP contribution >= 0.6 is 11.3 Å². The van der Waals surface area contributed by atoms with Gasteiger partial charge in [0.1, 0.15) is 10.6 Å². The van der Waals surface area contributed by atoms with Crippen molar-refractivity contribution in [3.63, 3.8) is 0 Å². The van der Waals surface area contributed by atoms with Gasteiger partial charge in [0.15, 0.2) is 12.3 Å². The number of aryl methyl sites for hydroxylation is 2. The largest absolute Gasteiger partial charge is 0.452 e. The van der Waals surface area contributed by atoms with Crippen LogP contribution in [-0.4, -0.2) is 39.0 Å². The highest BCUT2D eigenvalue weighted by atomic mass is 32.1. The number of primary amides is 1. The first-order valence-corrected chi connectivity index (χ1v) is 9.48. The van der Waals surface area contributed by atoms with Gasteiger partial charge in [0.25, 0.3) is 11.8 Å². The summed E-state index contributed by atoms with van der Waals surface area (Å²) in [5, 5.41) is 7.24. The average Bonchev–Trinajstić information content (AvgIpc) is 3.30. The highest BCUT2D eigenvalue weighted by Gasteiger charge is 2.26. The number of ether oxygens (including phenoxy) is 1. The molecule has 10 heteroatoms. The molecule has 0 unspecified atom stereocenters. The molecule has 0 radical (unpaired) electrons. The Hall–Kier alpha value is -3.27. The zero-order chi connectivity index (χ0) is 19.8. The van der Waals surface area contributed by atoms with Crippen LogP contribution in [0.15, 0.2) is 18.5 Å². The molecule has 2 amide bonds. The fraction of sp³-hybridized carbons (Fsp3) is 0.278. The average molecular weight is 399 g/mol. The fourth-order valence-corrected chi connectivity index (χ4v) is 4.67. The molecule has 0 bridgehead atoms. The van der Waals surface area contributed by atoms with E-state index in [2.05, 4.69) is 15.4 Å². The second-order valence-electron chi connectivity index (χ2n) is 6.40. The maximum atomic E-state index is 12.4. The number of aromatic nitrogens is 3. The minimum atomic E-state index is -0.690. The third-order valence-corrected chi connectivity index (χ3v) is 5.74. The molecule has 4 rings (SSSR count). The van der Waals surface area contributed by atoms with E-state index in [-0.39, 0.29) is 5.56 Å². The van der Waals surface area contributed by atoms with E-state index in [0.717, 1.165) is 29.7 Å². The number of carbonyl (C=O) groups is 3. The predicted octanol–water partition coefficient (Wildman–Crippen LogP) is 1.48. The summed E-state index contributed by atoms with van der Waals surface area (Å²) in [6.07, 6.45) is 5.82. The Bertz CT molecular complexity index is 1120. The van der Waals surface area contributed by atoms with E-state index >= 15 is 0 Å². The van der Waals surface area contributed by atoms with Crippen molar-refractivity contribution in [2.75, 3.05) is 11.9 Å². The van der Waals surface area contributed by atoms with Gasteiger partial charge >= 0.3 is 5.97 Å². The quantitative estimate of drug-likeness (QED) is 0.625. The van der Waals surface area contributed by atoms with Crippen LogP contribution in [0.1, 0.15) is 43.3 Å². The van der Waals surface area contributed by atoms with Gasteiger partial charge in [-0.05, 0) is 37.8 Å². The number of amides is 2. The molecule has 0 saturated carbocycles. The molecule has 0 saturated heterocycles. The Morgan fingerprint density at radius 3 is 2.93 bits per heavy atom. The minimum Gasteiger partial charge on any atom is -0.452 e. The van der Waals surface area contributed by atoms with E-state index in [0.29, 0.717) is 21.9 Å². The zero-order valence-electron chi connectivity index (χ0n) is 15.0. The van der Waals surface area contributed by atoms with Crippen molar-refractivity contribution >= 4 is 39.8 Å². The number of thiophene rings is 1. The van der Waals surface area contributed by atoms with Crippen molar-refractivity contribution < 1.29 is 19.1 Å². The number of hydrogen-bond donors (Lipinski definition) is 2. The van der Waals surface area contributed by atoms with Gasteiger partial charge in [-0.1, -0.05) is 0 Å². The van der Waals surface area contributed by atoms with E-state index in [1.165, 1.54) is 15.9 Å². The summed E-state index contributed by atoms with van der Waals surface area (Å²) in [5.74, 6) is -1.80. The Morgan fingerprint density at radius 2 is 2.14 bits per heavy atom. The molecule has 1 aliphatic carbocycles. The van der Waals surface area contributed by atoms with E-state index in [1.54, 1.807) is 25.4 Å². The first-order chi connectivity index (χ1) is 13.5. The lowest BCUT2D eigenvalue weighted by Crippen LogP contribution is -2.23. The van der Waals surface area contributed by atoms with Gasteiger partial charge in [-0.15, -0.1) is 11.3 Å². The molecule has 28 heavy (non-hydrogen) atoms. The standard InChI is InChI=1S/C18H17N5O4S/c1-9-13(16-20-6-3-7-23(16)22-9)18(26)27-8-12(24)21-17-14(15(19)25)10-4-2-5-11(10)28-17/h3,6-7H,2,4-5,8H2,1H3,(H2,19,25)(H,21,24). The summed E-state index contributed by atoms with van der Waals surface area (Å²) in [7, 11) is 0. The van der Waals surface area contributed by atoms with Crippen LogP contribution in [0.3, 0.4) is 0 Å². The smallest absolute Gasteiger partial charge is 0.344 e. The van der Waals surface area contributed by atoms with Gasteiger partial charge in [-0.3, -0.25) is 9.59 Å². The number of nitrogens with two attached hydrogens (primary N) is 1. The molecular weight excluding hydrogens is 382 g/mol. The van der Waals surface area contributed by atoms with Crippen molar-refractivity contribution in [3.8, 4) is 0 Å². The van der Waals surface area contributed by atoms with Crippen LogP contribution in [0, 0.1) is 6.92 Å². The fourth-order valence-electron chi connectivity index (χ4n) is 3.35. The molecule has 0 aliphatic heterocycles. The van der Waals surface area contributed by atoms with Crippen LogP contribution in [0.25, 0.3) is 5.65 Å². The molecule has 3 aromatic rings. The first-order valence-electron chi connectivity index (χ1n) is 8.67. The molecule has 0 fully saturated rings. The lowest BCUT2D eigenvalue weighted by molar-refractivity contribution is -0.119. The van der Waals surface area contributed by atoms with Crippen LogP contribution in [0.5, 0.6) is 0 Å². The maximum Gasteiger partial charge on any atom is 0.344 e. The molecular formula is C18H17N5O4S. The molecule has 1 aliphatic rings. The number of esters is 1. The van der Waals surface area contributed by atoms with Gasteiger partial charge in [-0.2, -0.15) is 5.10 Å². The predicted molar refractivity (Wildman–Crippen MR) is 101 cm³/mol. The monoisotopic (exact) mass is 399 g/mol. The molecule has 0 aromatic carbocycles. The second kappa shape index (κ2) is 7.04. The third-order valence-electron chi connectivity index (χ3n) is 4.53. The van der Waals surface area contributed by atoms with Crippen LogP contribution < -0.4 is 11.1 Å².